The van der Waals surface area contributed by atoms with Gasteiger partial charge in [-0.25, -0.2) is 9.78 Å². The Hall–Kier alpha value is -3.35. The first kappa shape index (κ1) is 21.4. The highest BCUT2D eigenvalue weighted by Crippen LogP contribution is 2.29. The van der Waals surface area contributed by atoms with E-state index in [2.05, 4.69) is 4.98 Å². The fraction of sp³-hybridized carbons (Fsp3) is 0.348. The highest BCUT2D eigenvalue weighted by molar-refractivity contribution is 5.90. The molecule has 2 heterocycles. The fourth-order valence-electron chi connectivity index (χ4n) is 2.95. The van der Waals surface area contributed by atoms with Crippen molar-refractivity contribution in [1.82, 2.24) is 9.38 Å². The Morgan fingerprint density at radius 1 is 1.00 bits per heavy atom. The van der Waals surface area contributed by atoms with Gasteiger partial charge in [0, 0.05) is 11.8 Å². The first-order chi connectivity index (χ1) is 14.5. The molecule has 7 heteroatoms. The van der Waals surface area contributed by atoms with Crippen LogP contribution in [0.15, 0.2) is 47.3 Å². The molecule has 0 saturated carbocycles. The zero-order valence-electron chi connectivity index (χ0n) is 17.5. The maximum Gasteiger partial charge on any atom is 0.338 e. The normalized spacial score (nSPS) is 10.8. The first-order valence-electron chi connectivity index (χ1n) is 10.1. The van der Waals surface area contributed by atoms with Crippen LogP contribution in [0.1, 0.15) is 48.4 Å². The minimum absolute atomic E-state index is 0.0995. The van der Waals surface area contributed by atoms with Crippen LogP contribution < -0.4 is 15.0 Å². The maximum atomic E-state index is 12.5. The Morgan fingerprint density at radius 3 is 2.47 bits per heavy atom. The third kappa shape index (κ3) is 4.97. The topological polar surface area (TPSA) is 79.1 Å². The molecule has 1 aromatic carbocycles. The van der Waals surface area contributed by atoms with Crippen molar-refractivity contribution in [3.63, 3.8) is 0 Å². The van der Waals surface area contributed by atoms with Crippen LogP contribution in [-0.2, 0) is 11.3 Å². The molecular formula is C23H26N2O5. The Bertz CT molecular complexity index is 1090. The summed E-state index contributed by atoms with van der Waals surface area (Å²) in [5.74, 6) is 0.586. The van der Waals surface area contributed by atoms with Crippen LogP contribution in [0.3, 0.4) is 0 Å². The minimum Gasteiger partial charge on any atom is -0.490 e. The Labute approximate surface area is 175 Å². The number of hydrogen-bond donors (Lipinski definition) is 0. The van der Waals surface area contributed by atoms with Crippen LogP contribution in [0.25, 0.3) is 5.65 Å². The number of aryl methyl sites for hydroxylation is 1. The number of esters is 1. The van der Waals surface area contributed by atoms with Crippen molar-refractivity contribution >= 4 is 11.6 Å². The molecular weight excluding hydrogens is 384 g/mol. The van der Waals surface area contributed by atoms with Gasteiger partial charge in [0.05, 0.1) is 24.5 Å². The molecule has 2 aromatic heterocycles. The van der Waals surface area contributed by atoms with E-state index in [-0.39, 0.29) is 12.2 Å². The highest BCUT2D eigenvalue weighted by atomic mass is 16.5. The number of pyridine rings is 1. The van der Waals surface area contributed by atoms with Gasteiger partial charge >= 0.3 is 5.97 Å². The highest BCUT2D eigenvalue weighted by Gasteiger charge is 2.14. The number of hydrogen-bond acceptors (Lipinski definition) is 6. The zero-order chi connectivity index (χ0) is 21.5. The third-order valence-electron chi connectivity index (χ3n) is 4.39. The molecule has 0 aliphatic carbocycles. The molecule has 0 radical (unpaired) electrons. The van der Waals surface area contributed by atoms with E-state index >= 15 is 0 Å². The summed E-state index contributed by atoms with van der Waals surface area (Å²) < 4.78 is 18.3. The van der Waals surface area contributed by atoms with Crippen molar-refractivity contribution in [2.24, 2.45) is 0 Å². The molecule has 0 bridgehead atoms. The molecule has 0 unspecified atom stereocenters. The van der Waals surface area contributed by atoms with E-state index < -0.39 is 5.97 Å². The SMILES string of the molecule is CCCOc1ccc(C(=O)OCc2cc(=O)n3c(C)cccc3n2)cc1OCCC. The molecule has 0 saturated heterocycles. The molecule has 0 spiro atoms. The summed E-state index contributed by atoms with van der Waals surface area (Å²) in [6.45, 7) is 6.84. The van der Waals surface area contributed by atoms with Gasteiger partial charge in [0.2, 0.25) is 0 Å². The lowest BCUT2D eigenvalue weighted by Gasteiger charge is -2.13. The Morgan fingerprint density at radius 2 is 1.73 bits per heavy atom. The molecule has 7 nitrogen and oxygen atoms in total. The van der Waals surface area contributed by atoms with Gasteiger partial charge in [-0.1, -0.05) is 19.9 Å². The number of nitrogens with zero attached hydrogens (tertiary/aromatic N) is 2. The molecule has 3 aromatic rings. The summed E-state index contributed by atoms with van der Waals surface area (Å²) in [5, 5.41) is 0. The van der Waals surface area contributed by atoms with E-state index in [1.54, 1.807) is 24.3 Å². The van der Waals surface area contributed by atoms with Gasteiger partial charge < -0.3 is 14.2 Å². The van der Waals surface area contributed by atoms with Crippen LogP contribution in [0.4, 0.5) is 0 Å². The molecule has 0 N–H and O–H groups in total. The summed E-state index contributed by atoms with van der Waals surface area (Å²) in [5.41, 5.74) is 1.83. The molecule has 3 rings (SSSR count). The molecule has 0 aliphatic heterocycles. The average Bonchev–Trinajstić information content (AvgIpc) is 2.74. The number of benzene rings is 1. The number of aromatic nitrogens is 2. The van der Waals surface area contributed by atoms with Gasteiger partial charge in [-0.05, 0) is 50.1 Å². The number of ether oxygens (including phenoxy) is 3. The molecule has 158 valence electrons. The summed E-state index contributed by atoms with van der Waals surface area (Å²) in [6.07, 6.45) is 1.71. The standard InChI is InChI=1S/C23H26N2O5/c1-4-11-28-19-10-9-17(13-20(19)29-12-5-2)23(27)30-15-18-14-22(26)25-16(3)7-6-8-21(25)24-18/h6-10,13-14H,4-5,11-12,15H2,1-3H3. The molecule has 0 aliphatic rings. The molecule has 0 amide bonds. The van der Waals surface area contributed by atoms with Crippen molar-refractivity contribution in [3.05, 3.63) is 69.8 Å². The zero-order valence-corrected chi connectivity index (χ0v) is 17.5. The predicted octanol–water partition coefficient (Wildman–Crippen LogP) is 3.94. The van der Waals surface area contributed by atoms with E-state index in [1.807, 2.05) is 32.9 Å². The monoisotopic (exact) mass is 410 g/mol. The predicted molar refractivity (Wildman–Crippen MR) is 113 cm³/mol. The average molecular weight is 410 g/mol. The summed E-state index contributed by atoms with van der Waals surface area (Å²) in [4.78, 5) is 29.3. The third-order valence-corrected chi connectivity index (χ3v) is 4.39. The van der Waals surface area contributed by atoms with Crippen molar-refractivity contribution in [1.29, 1.82) is 0 Å². The lowest BCUT2D eigenvalue weighted by Crippen LogP contribution is -2.18. The number of fused-ring (bicyclic) bond motifs is 1. The largest absolute Gasteiger partial charge is 0.490 e. The van der Waals surface area contributed by atoms with Crippen molar-refractivity contribution in [2.75, 3.05) is 13.2 Å². The second-order valence-electron chi connectivity index (χ2n) is 6.88. The summed E-state index contributed by atoms with van der Waals surface area (Å²) in [6, 6.07) is 11.7. The van der Waals surface area contributed by atoms with E-state index in [9.17, 15) is 9.59 Å². The van der Waals surface area contributed by atoms with Crippen LogP contribution in [0.2, 0.25) is 0 Å². The van der Waals surface area contributed by atoms with Crippen LogP contribution in [0.5, 0.6) is 11.5 Å². The second-order valence-corrected chi connectivity index (χ2v) is 6.88. The minimum atomic E-state index is -0.523. The van der Waals surface area contributed by atoms with Gasteiger partial charge in [-0.15, -0.1) is 0 Å². The van der Waals surface area contributed by atoms with Crippen LogP contribution >= 0.6 is 0 Å². The number of rotatable bonds is 9. The molecule has 0 fully saturated rings. The second kappa shape index (κ2) is 9.91. The van der Waals surface area contributed by atoms with Gasteiger partial charge in [-0.2, -0.15) is 0 Å². The van der Waals surface area contributed by atoms with Gasteiger partial charge in [0.25, 0.3) is 5.56 Å². The smallest absolute Gasteiger partial charge is 0.338 e. The molecule has 0 atom stereocenters. The van der Waals surface area contributed by atoms with Crippen molar-refractivity contribution < 1.29 is 19.0 Å². The van der Waals surface area contributed by atoms with Gasteiger partial charge in [0.15, 0.2) is 11.5 Å². The summed E-state index contributed by atoms with van der Waals surface area (Å²) >= 11 is 0. The van der Waals surface area contributed by atoms with Gasteiger partial charge in [0.1, 0.15) is 12.3 Å². The van der Waals surface area contributed by atoms with Crippen LogP contribution in [-0.4, -0.2) is 28.6 Å². The lowest BCUT2D eigenvalue weighted by atomic mass is 10.2. The Kier molecular flexibility index (Phi) is 7.06. The van der Waals surface area contributed by atoms with E-state index in [0.29, 0.717) is 41.6 Å². The Balaban J connectivity index is 1.75. The molecule has 30 heavy (non-hydrogen) atoms. The number of carbonyl (C=O) groups is 1. The quantitative estimate of drug-likeness (QED) is 0.497. The van der Waals surface area contributed by atoms with E-state index in [4.69, 9.17) is 14.2 Å². The van der Waals surface area contributed by atoms with Gasteiger partial charge in [-0.3, -0.25) is 9.20 Å². The maximum absolute atomic E-state index is 12.5. The fourth-order valence-corrected chi connectivity index (χ4v) is 2.95. The van der Waals surface area contributed by atoms with E-state index in [0.717, 1.165) is 18.5 Å². The van der Waals surface area contributed by atoms with E-state index in [1.165, 1.54) is 10.5 Å². The van der Waals surface area contributed by atoms with Crippen LogP contribution in [0, 0.1) is 6.92 Å². The van der Waals surface area contributed by atoms with Crippen molar-refractivity contribution in [3.8, 4) is 11.5 Å². The van der Waals surface area contributed by atoms with Crippen molar-refractivity contribution in [2.45, 2.75) is 40.2 Å². The lowest BCUT2D eigenvalue weighted by molar-refractivity contribution is 0.0467. The number of carbonyl (C=O) groups excluding carboxylic acids is 1. The first-order valence-corrected chi connectivity index (χ1v) is 10.1. The summed E-state index contributed by atoms with van der Waals surface area (Å²) in [7, 11) is 0.